The lowest BCUT2D eigenvalue weighted by Crippen LogP contribution is -2.15. The minimum Gasteiger partial charge on any atom is -0.398 e. The molecule has 0 spiro atoms. The first kappa shape index (κ1) is 15.5. The average molecular weight is 316 g/mol. The second kappa shape index (κ2) is 6.41. The van der Waals surface area contributed by atoms with Crippen LogP contribution in [0, 0.1) is 11.3 Å². The van der Waals surface area contributed by atoms with E-state index in [9.17, 15) is 5.11 Å². The molecule has 5 heteroatoms. The van der Waals surface area contributed by atoms with Gasteiger partial charge in [-0.3, -0.25) is 4.98 Å². The SMILES string of the molecule is C=CC(O)Nc1ccnc2ccc(-c3ccc(N)c(C#N)c3)cc12. The molecule has 118 valence electrons. The molecule has 1 atom stereocenters. The Morgan fingerprint density at radius 2 is 1.96 bits per heavy atom. The number of hydrogen-bond donors (Lipinski definition) is 3. The molecule has 0 bridgehead atoms. The van der Waals surface area contributed by atoms with Crippen molar-refractivity contribution in [1.29, 1.82) is 5.26 Å². The van der Waals surface area contributed by atoms with Crippen molar-refractivity contribution >= 4 is 22.3 Å². The van der Waals surface area contributed by atoms with Crippen molar-refractivity contribution in [3.05, 3.63) is 66.9 Å². The lowest BCUT2D eigenvalue weighted by atomic mass is 10.00. The normalized spacial score (nSPS) is 11.7. The molecule has 0 saturated carbocycles. The Morgan fingerprint density at radius 3 is 2.71 bits per heavy atom. The molecule has 0 radical (unpaired) electrons. The lowest BCUT2D eigenvalue weighted by molar-refractivity contribution is 0.253. The minimum atomic E-state index is -0.846. The standard InChI is InChI=1S/C19H16N4O/c1-2-19(24)23-18-7-8-22-17-6-4-13(10-15(17)18)12-3-5-16(21)14(9-12)11-20/h2-10,19,24H,1,21H2,(H,22,23). The zero-order chi connectivity index (χ0) is 17.1. The largest absolute Gasteiger partial charge is 0.398 e. The van der Waals surface area contributed by atoms with E-state index in [1.165, 1.54) is 6.08 Å². The maximum absolute atomic E-state index is 9.76. The van der Waals surface area contributed by atoms with E-state index in [-0.39, 0.29) is 0 Å². The number of nitrogen functional groups attached to an aromatic ring is 1. The summed E-state index contributed by atoms with van der Waals surface area (Å²) in [5, 5.41) is 22.7. The number of nitrogens with one attached hydrogen (secondary N) is 1. The monoisotopic (exact) mass is 316 g/mol. The van der Waals surface area contributed by atoms with Crippen molar-refractivity contribution in [2.24, 2.45) is 0 Å². The molecule has 5 nitrogen and oxygen atoms in total. The van der Waals surface area contributed by atoms with E-state index in [0.717, 1.165) is 27.7 Å². The molecular weight excluding hydrogens is 300 g/mol. The van der Waals surface area contributed by atoms with Crippen molar-refractivity contribution in [1.82, 2.24) is 4.98 Å². The van der Waals surface area contributed by atoms with Gasteiger partial charge in [0, 0.05) is 23.0 Å². The highest BCUT2D eigenvalue weighted by molar-refractivity contribution is 5.94. The maximum Gasteiger partial charge on any atom is 0.143 e. The highest BCUT2D eigenvalue weighted by Gasteiger charge is 2.08. The molecule has 1 heterocycles. The molecule has 0 aliphatic rings. The van der Waals surface area contributed by atoms with Gasteiger partial charge in [0.1, 0.15) is 12.3 Å². The Hall–Kier alpha value is -3.36. The summed E-state index contributed by atoms with van der Waals surface area (Å²) in [4.78, 5) is 4.34. The van der Waals surface area contributed by atoms with Crippen molar-refractivity contribution in [3.63, 3.8) is 0 Å². The smallest absolute Gasteiger partial charge is 0.143 e. The Morgan fingerprint density at radius 1 is 1.21 bits per heavy atom. The van der Waals surface area contributed by atoms with E-state index < -0.39 is 6.23 Å². The number of nitriles is 1. The Bertz CT molecular complexity index is 959. The molecule has 0 fully saturated rings. The van der Waals surface area contributed by atoms with Gasteiger partial charge in [-0.1, -0.05) is 18.7 Å². The quantitative estimate of drug-likeness (QED) is 0.390. The number of aliphatic hydroxyl groups is 1. The Labute approximate surface area is 139 Å². The van der Waals surface area contributed by atoms with Crippen LogP contribution in [0.15, 0.2) is 61.3 Å². The minimum absolute atomic E-state index is 0.444. The van der Waals surface area contributed by atoms with Gasteiger partial charge in [-0.05, 0) is 47.5 Å². The number of fused-ring (bicyclic) bond motifs is 1. The lowest BCUT2D eigenvalue weighted by Gasteiger charge is -2.13. The first-order valence-electron chi connectivity index (χ1n) is 7.38. The van der Waals surface area contributed by atoms with E-state index in [4.69, 9.17) is 11.0 Å². The van der Waals surface area contributed by atoms with Gasteiger partial charge in [0.25, 0.3) is 0 Å². The number of nitrogens with two attached hydrogens (primary N) is 1. The number of anilines is 2. The first-order valence-corrected chi connectivity index (χ1v) is 7.38. The zero-order valence-electron chi connectivity index (χ0n) is 12.9. The fourth-order valence-electron chi connectivity index (χ4n) is 2.50. The molecule has 2 aromatic carbocycles. The van der Waals surface area contributed by atoms with Gasteiger partial charge in [-0.25, -0.2) is 0 Å². The van der Waals surface area contributed by atoms with E-state index in [0.29, 0.717) is 11.3 Å². The van der Waals surface area contributed by atoms with Gasteiger partial charge >= 0.3 is 0 Å². The second-order valence-electron chi connectivity index (χ2n) is 5.33. The van der Waals surface area contributed by atoms with Crippen LogP contribution in [-0.2, 0) is 0 Å². The third-order valence-electron chi connectivity index (χ3n) is 3.78. The zero-order valence-corrected chi connectivity index (χ0v) is 12.9. The predicted octanol–water partition coefficient (Wildman–Crippen LogP) is 3.27. The molecule has 0 amide bonds. The number of benzene rings is 2. The number of rotatable bonds is 4. The van der Waals surface area contributed by atoms with Gasteiger partial charge in [-0.2, -0.15) is 5.26 Å². The van der Waals surface area contributed by atoms with Crippen LogP contribution in [0.3, 0.4) is 0 Å². The summed E-state index contributed by atoms with van der Waals surface area (Å²) in [7, 11) is 0. The molecule has 0 aliphatic carbocycles. The molecule has 24 heavy (non-hydrogen) atoms. The predicted molar refractivity (Wildman–Crippen MR) is 96.1 cm³/mol. The van der Waals surface area contributed by atoms with E-state index in [1.807, 2.05) is 24.3 Å². The number of nitrogens with zero attached hydrogens (tertiary/aromatic N) is 2. The molecule has 3 aromatic rings. The van der Waals surface area contributed by atoms with Gasteiger partial charge in [0.05, 0.1) is 11.1 Å². The Balaban J connectivity index is 2.12. The summed E-state index contributed by atoms with van der Waals surface area (Å²) in [5.41, 5.74) is 10.1. The van der Waals surface area contributed by atoms with Crippen LogP contribution in [0.5, 0.6) is 0 Å². The molecule has 0 aliphatic heterocycles. The summed E-state index contributed by atoms with van der Waals surface area (Å²) >= 11 is 0. The summed E-state index contributed by atoms with van der Waals surface area (Å²) in [6.45, 7) is 3.56. The van der Waals surface area contributed by atoms with E-state index in [2.05, 4.69) is 22.9 Å². The van der Waals surface area contributed by atoms with Crippen LogP contribution >= 0.6 is 0 Å². The van der Waals surface area contributed by atoms with Crippen molar-refractivity contribution < 1.29 is 5.11 Å². The number of aliphatic hydroxyl groups excluding tert-OH is 1. The summed E-state index contributed by atoms with van der Waals surface area (Å²) in [6.07, 6.45) is 2.24. The molecule has 0 saturated heterocycles. The summed E-state index contributed by atoms with van der Waals surface area (Å²) in [6, 6.07) is 15.1. The average Bonchev–Trinajstić information content (AvgIpc) is 2.62. The number of pyridine rings is 1. The molecule has 1 unspecified atom stereocenters. The van der Waals surface area contributed by atoms with Gasteiger partial charge in [-0.15, -0.1) is 0 Å². The fraction of sp³-hybridized carbons (Fsp3) is 0.0526. The third-order valence-corrected chi connectivity index (χ3v) is 3.78. The van der Waals surface area contributed by atoms with Gasteiger partial charge in [0.2, 0.25) is 0 Å². The molecular formula is C19H16N4O. The van der Waals surface area contributed by atoms with E-state index >= 15 is 0 Å². The molecule has 1 aromatic heterocycles. The highest BCUT2D eigenvalue weighted by Crippen LogP contribution is 2.29. The van der Waals surface area contributed by atoms with Crippen LogP contribution in [0.4, 0.5) is 11.4 Å². The van der Waals surface area contributed by atoms with Crippen LogP contribution in [0.1, 0.15) is 5.56 Å². The summed E-state index contributed by atoms with van der Waals surface area (Å²) in [5.74, 6) is 0. The van der Waals surface area contributed by atoms with Crippen LogP contribution < -0.4 is 11.1 Å². The Kier molecular flexibility index (Phi) is 4.15. The third kappa shape index (κ3) is 2.91. The van der Waals surface area contributed by atoms with Crippen molar-refractivity contribution in [2.45, 2.75) is 6.23 Å². The van der Waals surface area contributed by atoms with Crippen molar-refractivity contribution in [2.75, 3.05) is 11.1 Å². The number of hydrogen-bond acceptors (Lipinski definition) is 5. The fourth-order valence-corrected chi connectivity index (χ4v) is 2.50. The van der Waals surface area contributed by atoms with Crippen LogP contribution in [0.25, 0.3) is 22.0 Å². The van der Waals surface area contributed by atoms with Crippen LogP contribution in [-0.4, -0.2) is 16.3 Å². The van der Waals surface area contributed by atoms with Gasteiger partial charge in [0.15, 0.2) is 0 Å². The second-order valence-corrected chi connectivity index (χ2v) is 5.33. The highest BCUT2D eigenvalue weighted by atomic mass is 16.3. The number of aromatic nitrogens is 1. The first-order chi connectivity index (χ1) is 11.6. The topological polar surface area (TPSA) is 95.0 Å². The van der Waals surface area contributed by atoms with E-state index in [1.54, 1.807) is 24.4 Å². The van der Waals surface area contributed by atoms with Crippen molar-refractivity contribution in [3.8, 4) is 17.2 Å². The van der Waals surface area contributed by atoms with Gasteiger partial charge < -0.3 is 16.2 Å². The molecule has 4 N–H and O–H groups in total. The summed E-state index contributed by atoms with van der Waals surface area (Å²) < 4.78 is 0. The molecule has 3 rings (SSSR count). The maximum atomic E-state index is 9.76. The van der Waals surface area contributed by atoms with Crippen LogP contribution in [0.2, 0.25) is 0 Å².